The first kappa shape index (κ1) is 36.1. The molecule has 10 aromatic carbocycles. The summed E-state index contributed by atoms with van der Waals surface area (Å²) in [6, 6.07) is 76.1. The van der Waals surface area contributed by atoms with Crippen LogP contribution in [0.4, 0.5) is 0 Å². The SMILES string of the molecule is c1ccc(-c2nc(-c3cc(-n4c5ccccc5c5cc6ccccc6cc54)cc4sc5c6ccccc6ccc5c34)nc(-c3cccc4c3c3ccccc3n4-c3ccccc3)n2)cc1. The summed E-state index contributed by atoms with van der Waals surface area (Å²) in [4.78, 5) is 16.4. The molecule has 4 aromatic heterocycles. The third-order valence-electron chi connectivity index (χ3n) is 13.1. The molecule has 0 spiro atoms. The molecule has 0 N–H and O–H groups in total. The average molecular weight is 846 g/mol. The normalized spacial score (nSPS) is 12.0. The van der Waals surface area contributed by atoms with Crippen molar-refractivity contribution in [3.8, 4) is 45.5 Å². The van der Waals surface area contributed by atoms with Gasteiger partial charge in [-0.3, -0.25) is 0 Å². The van der Waals surface area contributed by atoms with E-state index in [1.807, 2.05) is 17.4 Å². The fourth-order valence-electron chi connectivity index (χ4n) is 10.3. The lowest BCUT2D eigenvalue weighted by Gasteiger charge is -2.14. The summed E-state index contributed by atoms with van der Waals surface area (Å²) in [7, 11) is 0. The molecule has 0 atom stereocenters. The molecule has 0 aliphatic carbocycles. The number of benzene rings is 10. The van der Waals surface area contributed by atoms with Gasteiger partial charge in [-0.15, -0.1) is 11.3 Å². The summed E-state index contributed by atoms with van der Waals surface area (Å²) in [5.41, 5.74) is 9.54. The first-order valence-electron chi connectivity index (χ1n) is 21.9. The lowest BCUT2D eigenvalue weighted by molar-refractivity contribution is 1.08. The van der Waals surface area contributed by atoms with Crippen molar-refractivity contribution >= 4 is 96.7 Å². The van der Waals surface area contributed by atoms with Crippen LogP contribution in [0.1, 0.15) is 0 Å². The van der Waals surface area contributed by atoms with Gasteiger partial charge < -0.3 is 9.13 Å². The van der Waals surface area contributed by atoms with Crippen LogP contribution < -0.4 is 0 Å². The zero-order chi connectivity index (χ0) is 42.6. The van der Waals surface area contributed by atoms with Crippen molar-refractivity contribution in [1.82, 2.24) is 24.1 Å². The lowest BCUT2D eigenvalue weighted by atomic mass is 10.0. The van der Waals surface area contributed by atoms with Crippen LogP contribution in [0.5, 0.6) is 0 Å². The Kier molecular flexibility index (Phi) is 7.79. The largest absolute Gasteiger partial charge is 0.309 e. The monoisotopic (exact) mass is 845 g/mol. The van der Waals surface area contributed by atoms with E-state index in [0.717, 1.165) is 66.3 Å². The molecular weight excluding hydrogens is 811 g/mol. The van der Waals surface area contributed by atoms with Gasteiger partial charge in [-0.05, 0) is 76.1 Å². The van der Waals surface area contributed by atoms with Crippen molar-refractivity contribution < 1.29 is 0 Å². The molecule has 0 bridgehead atoms. The van der Waals surface area contributed by atoms with Crippen molar-refractivity contribution in [2.75, 3.05) is 0 Å². The molecule has 0 radical (unpaired) electrons. The van der Waals surface area contributed by atoms with E-state index >= 15 is 0 Å². The zero-order valence-electron chi connectivity index (χ0n) is 34.9. The standard InChI is InChI=1S/C59H35N5S/c1-3-17-37(18-4-1)57-60-58(46-26-15-29-51-54(46)44-25-12-14-28-50(44)63(51)40-21-5-2-6-22-40)62-59(61-57)48-34-41(35-53-55(48)45-31-30-36-16-9-10-23-42(36)56(45)65-53)64-49-27-13-11-24-43(49)47-32-38-19-7-8-20-39(38)33-52(47)64/h1-35H. The van der Waals surface area contributed by atoms with Crippen LogP contribution in [0.2, 0.25) is 0 Å². The Morgan fingerprint density at radius 3 is 1.72 bits per heavy atom. The first-order valence-corrected chi connectivity index (χ1v) is 22.8. The van der Waals surface area contributed by atoms with Crippen molar-refractivity contribution in [3.63, 3.8) is 0 Å². The summed E-state index contributed by atoms with van der Waals surface area (Å²) >= 11 is 1.84. The third kappa shape index (κ3) is 5.48. The minimum absolute atomic E-state index is 0.626. The quantitative estimate of drug-likeness (QED) is 0.173. The highest BCUT2D eigenvalue weighted by Gasteiger charge is 2.24. The van der Waals surface area contributed by atoms with Gasteiger partial charge in [0, 0.05) is 69.8 Å². The molecule has 0 fully saturated rings. The van der Waals surface area contributed by atoms with Crippen molar-refractivity contribution in [2.45, 2.75) is 0 Å². The van der Waals surface area contributed by atoms with Crippen LogP contribution in [0.25, 0.3) is 131 Å². The Bertz CT molecular complexity index is 4240. The molecular formula is C59H35N5S. The van der Waals surface area contributed by atoms with Gasteiger partial charge in [0.25, 0.3) is 0 Å². The van der Waals surface area contributed by atoms with Crippen molar-refractivity contribution in [1.29, 1.82) is 0 Å². The summed E-state index contributed by atoms with van der Waals surface area (Å²) < 4.78 is 7.20. The Balaban J connectivity index is 1.11. The topological polar surface area (TPSA) is 48.5 Å². The van der Waals surface area contributed by atoms with Crippen LogP contribution in [0, 0.1) is 0 Å². The highest BCUT2D eigenvalue weighted by atomic mass is 32.1. The molecule has 0 aliphatic heterocycles. The van der Waals surface area contributed by atoms with E-state index in [-0.39, 0.29) is 0 Å². The van der Waals surface area contributed by atoms with E-state index in [1.54, 1.807) is 0 Å². The number of hydrogen-bond donors (Lipinski definition) is 0. The third-order valence-corrected chi connectivity index (χ3v) is 14.3. The maximum atomic E-state index is 5.59. The number of rotatable bonds is 5. The van der Waals surface area contributed by atoms with E-state index in [0.29, 0.717) is 17.5 Å². The molecule has 0 aliphatic rings. The van der Waals surface area contributed by atoms with E-state index in [1.165, 1.54) is 47.1 Å². The summed E-state index contributed by atoms with van der Waals surface area (Å²) in [6.45, 7) is 0. The van der Waals surface area contributed by atoms with E-state index in [4.69, 9.17) is 15.0 Å². The predicted octanol–water partition coefficient (Wildman–Crippen LogP) is 15.7. The molecule has 0 saturated heterocycles. The van der Waals surface area contributed by atoms with Crippen molar-refractivity contribution in [3.05, 3.63) is 212 Å². The second kappa shape index (κ2) is 14.0. The minimum Gasteiger partial charge on any atom is -0.309 e. The molecule has 4 heterocycles. The number of fused-ring (bicyclic) bond motifs is 12. The van der Waals surface area contributed by atoms with Crippen molar-refractivity contribution in [2.24, 2.45) is 0 Å². The lowest BCUT2D eigenvalue weighted by Crippen LogP contribution is -2.02. The van der Waals surface area contributed by atoms with Gasteiger partial charge in [0.15, 0.2) is 17.5 Å². The highest BCUT2D eigenvalue weighted by molar-refractivity contribution is 7.26. The van der Waals surface area contributed by atoms with Gasteiger partial charge in [-0.2, -0.15) is 0 Å². The zero-order valence-corrected chi connectivity index (χ0v) is 35.7. The van der Waals surface area contributed by atoms with Crippen LogP contribution in [0.15, 0.2) is 212 Å². The van der Waals surface area contributed by atoms with Gasteiger partial charge >= 0.3 is 0 Å². The first-order chi connectivity index (χ1) is 32.2. The van der Waals surface area contributed by atoms with Gasteiger partial charge in [-0.1, -0.05) is 158 Å². The van der Waals surface area contributed by atoms with Crippen LogP contribution >= 0.6 is 11.3 Å². The Hall–Kier alpha value is -8.45. The number of thiophene rings is 1. The second-order valence-electron chi connectivity index (χ2n) is 16.8. The summed E-state index contributed by atoms with van der Waals surface area (Å²) in [6.07, 6.45) is 0. The second-order valence-corrected chi connectivity index (χ2v) is 17.8. The maximum Gasteiger partial charge on any atom is 0.164 e. The molecule has 65 heavy (non-hydrogen) atoms. The number of para-hydroxylation sites is 3. The Morgan fingerprint density at radius 1 is 0.323 bits per heavy atom. The predicted molar refractivity (Wildman–Crippen MR) is 273 cm³/mol. The molecule has 5 nitrogen and oxygen atoms in total. The molecule has 14 aromatic rings. The number of hydrogen-bond acceptors (Lipinski definition) is 4. The molecule has 14 rings (SSSR count). The van der Waals surface area contributed by atoms with Crippen LogP contribution in [-0.4, -0.2) is 24.1 Å². The smallest absolute Gasteiger partial charge is 0.164 e. The minimum atomic E-state index is 0.626. The van der Waals surface area contributed by atoms with Crippen LogP contribution in [-0.2, 0) is 0 Å². The fourth-order valence-corrected chi connectivity index (χ4v) is 11.5. The summed E-state index contributed by atoms with van der Waals surface area (Å²) in [5, 5.41) is 11.9. The van der Waals surface area contributed by atoms with Crippen LogP contribution in [0.3, 0.4) is 0 Å². The fraction of sp³-hybridized carbons (Fsp3) is 0. The van der Waals surface area contributed by atoms with Gasteiger partial charge in [0.2, 0.25) is 0 Å². The number of nitrogens with zero attached hydrogens (tertiary/aromatic N) is 5. The molecule has 0 unspecified atom stereocenters. The van der Waals surface area contributed by atoms with E-state index in [2.05, 4.69) is 215 Å². The van der Waals surface area contributed by atoms with Gasteiger partial charge in [0.1, 0.15) is 0 Å². The molecule has 6 heteroatoms. The molecule has 0 amide bonds. The highest BCUT2D eigenvalue weighted by Crippen LogP contribution is 2.46. The Morgan fingerprint density at radius 2 is 0.923 bits per heavy atom. The maximum absolute atomic E-state index is 5.59. The van der Waals surface area contributed by atoms with E-state index in [9.17, 15) is 0 Å². The summed E-state index contributed by atoms with van der Waals surface area (Å²) in [5.74, 6) is 1.88. The Labute approximate surface area is 376 Å². The number of aromatic nitrogens is 5. The van der Waals surface area contributed by atoms with Gasteiger partial charge in [0.05, 0.1) is 22.1 Å². The van der Waals surface area contributed by atoms with Gasteiger partial charge in [-0.25, -0.2) is 15.0 Å². The molecule has 302 valence electrons. The van der Waals surface area contributed by atoms with E-state index < -0.39 is 0 Å². The molecule has 0 saturated carbocycles. The average Bonchev–Trinajstić information content (AvgIpc) is 4.03.